The van der Waals surface area contributed by atoms with E-state index in [0.29, 0.717) is 5.69 Å². The molecule has 2 unspecified atom stereocenters. The average molecular weight is 402 g/mol. The lowest BCUT2D eigenvalue weighted by Crippen LogP contribution is -2.41. The summed E-state index contributed by atoms with van der Waals surface area (Å²) in [6.45, 7) is 0. The van der Waals surface area contributed by atoms with Crippen molar-refractivity contribution in [3.8, 4) is 0 Å². The first-order valence-electron chi connectivity index (χ1n) is 10.6. The first-order valence-corrected chi connectivity index (χ1v) is 10.6. The summed E-state index contributed by atoms with van der Waals surface area (Å²) in [5.41, 5.74) is 6.18. The fraction of sp³-hybridized carbons (Fsp3) is 0.148. The zero-order valence-corrected chi connectivity index (χ0v) is 16.6. The molecule has 1 aromatic heterocycles. The Hall–Kier alpha value is -3.79. The van der Waals surface area contributed by atoms with Gasteiger partial charge in [-0.25, -0.2) is 4.90 Å². The number of carbonyl (C=O) groups is 2. The summed E-state index contributed by atoms with van der Waals surface area (Å²) < 4.78 is 0. The van der Waals surface area contributed by atoms with Crippen LogP contribution in [0.15, 0.2) is 85.1 Å². The van der Waals surface area contributed by atoms with Gasteiger partial charge in [-0.05, 0) is 46.5 Å². The normalized spacial score (nSPS) is 25.5. The number of carbonyl (C=O) groups excluding carboxylic acids is 2. The summed E-state index contributed by atoms with van der Waals surface area (Å²) in [5.74, 6) is -1.09. The lowest BCUT2D eigenvalue weighted by molar-refractivity contribution is -0.122. The van der Waals surface area contributed by atoms with Crippen LogP contribution in [0.2, 0.25) is 0 Å². The van der Waals surface area contributed by atoms with E-state index in [2.05, 4.69) is 29.2 Å². The Labute approximate surface area is 179 Å². The SMILES string of the molecule is O=C1C2C3c4ccccc4C(c4ccccc43)C2C(=O)N1c1cccc2ncccc12. The molecule has 1 saturated heterocycles. The van der Waals surface area contributed by atoms with Crippen molar-refractivity contribution >= 4 is 28.4 Å². The highest BCUT2D eigenvalue weighted by atomic mass is 16.2. The van der Waals surface area contributed by atoms with Gasteiger partial charge in [-0.1, -0.05) is 54.6 Å². The molecule has 2 atom stereocenters. The number of pyridine rings is 1. The minimum absolute atomic E-state index is 0.0862. The smallest absolute Gasteiger partial charge is 0.238 e. The van der Waals surface area contributed by atoms with Crippen molar-refractivity contribution in [2.24, 2.45) is 11.8 Å². The number of hydrogen-bond donors (Lipinski definition) is 0. The monoisotopic (exact) mass is 402 g/mol. The van der Waals surface area contributed by atoms with E-state index in [9.17, 15) is 9.59 Å². The van der Waals surface area contributed by atoms with Crippen LogP contribution >= 0.6 is 0 Å². The van der Waals surface area contributed by atoms with Crippen LogP contribution in [-0.4, -0.2) is 16.8 Å². The van der Waals surface area contributed by atoms with E-state index in [1.807, 2.05) is 54.6 Å². The van der Waals surface area contributed by atoms with Crippen LogP contribution in [0, 0.1) is 11.8 Å². The van der Waals surface area contributed by atoms with Crippen molar-refractivity contribution in [2.45, 2.75) is 11.8 Å². The molecule has 3 aliphatic carbocycles. The fourth-order valence-electron chi connectivity index (χ4n) is 6.20. The highest BCUT2D eigenvalue weighted by Gasteiger charge is 2.61. The molecule has 4 aromatic rings. The Morgan fingerprint density at radius 3 is 1.71 bits per heavy atom. The second kappa shape index (κ2) is 5.88. The average Bonchev–Trinajstić information content (AvgIpc) is 3.09. The van der Waals surface area contributed by atoms with Gasteiger partial charge < -0.3 is 0 Å². The van der Waals surface area contributed by atoms with E-state index in [4.69, 9.17) is 0 Å². The Bertz CT molecular complexity index is 1300. The lowest BCUT2D eigenvalue weighted by Gasteiger charge is -2.45. The highest BCUT2D eigenvalue weighted by molar-refractivity contribution is 6.26. The third-order valence-corrected chi connectivity index (χ3v) is 7.31. The van der Waals surface area contributed by atoms with Gasteiger partial charge in [-0.15, -0.1) is 0 Å². The van der Waals surface area contributed by atoms with Crippen molar-refractivity contribution in [3.05, 3.63) is 107 Å². The minimum atomic E-state index is -0.366. The molecule has 1 aliphatic heterocycles. The van der Waals surface area contributed by atoms with Gasteiger partial charge in [0.25, 0.3) is 0 Å². The number of nitrogens with zero attached hydrogens (tertiary/aromatic N) is 2. The van der Waals surface area contributed by atoms with E-state index in [0.717, 1.165) is 10.9 Å². The molecule has 148 valence electrons. The van der Waals surface area contributed by atoms with E-state index in [-0.39, 0.29) is 35.5 Å². The molecule has 3 aromatic carbocycles. The Balaban J connectivity index is 1.47. The molecule has 2 heterocycles. The van der Waals surface area contributed by atoms with Crippen LogP contribution < -0.4 is 4.90 Å². The van der Waals surface area contributed by atoms with Gasteiger partial charge in [0, 0.05) is 23.4 Å². The maximum Gasteiger partial charge on any atom is 0.238 e. The Kier molecular flexibility index (Phi) is 3.22. The number of benzene rings is 3. The summed E-state index contributed by atoms with van der Waals surface area (Å²) in [7, 11) is 0. The van der Waals surface area contributed by atoms with Crippen molar-refractivity contribution in [1.29, 1.82) is 0 Å². The number of amides is 2. The summed E-state index contributed by atoms with van der Waals surface area (Å²) in [4.78, 5) is 33.6. The van der Waals surface area contributed by atoms with Crippen LogP contribution in [-0.2, 0) is 9.59 Å². The second-order valence-corrected chi connectivity index (χ2v) is 8.62. The first-order chi connectivity index (χ1) is 15.3. The van der Waals surface area contributed by atoms with Gasteiger partial charge in [-0.3, -0.25) is 14.6 Å². The van der Waals surface area contributed by atoms with Gasteiger partial charge in [0.15, 0.2) is 0 Å². The molecule has 0 saturated carbocycles. The van der Waals surface area contributed by atoms with Crippen LogP contribution in [0.1, 0.15) is 34.1 Å². The van der Waals surface area contributed by atoms with Crippen LogP contribution in [0.5, 0.6) is 0 Å². The minimum Gasteiger partial charge on any atom is -0.274 e. The maximum atomic E-state index is 13.9. The number of imide groups is 1. The van der Waals surface area contributed by atoms with E-state index < -0.39 is 0 Å². The summed E-state index contributed by atoms with van der Waals surface area (Å²) in [5, 5.41) is 0.827. The van der Waals surface area contributed by atoms with E-state index in [1.165, 1.54) is 27.2 Å². The van der Waals surface area contributed by atoms with E-state index in [1.54, 1.807) is 6.20 Å². The summed E-state index contributed by atoms with van der Waals surface area (Å²) in [6.07, 6.45) is 1.73. The van der Waals surface area contributed by atoms with Gasteiger partial charge in [0.05, 0.1) is 23.0 Å². The predicted molar refractivity (Wildman–Crippen MR) is 118 cm³/mol. The van der Waals surface area contributed by atoms with Crippen LogP contribution in [0.3, 0.4) is 0 Å². The van der Waals surface area contributed by atoms with Crippen molar-refractivity contribution < 1.29 is 9.59 Å². The topological polar surface area (TPSA) is 50.3 Å². The van der Waals surface area contributed by atoms with E-state index >= 15 is 0 Å². The quantitative estimate of drug-likeness (QED) is 0.436. The molecule has 8 rings (SSSR count). The van der Waals surface area contributed by atoms with Gasteiger partial charge in [-0.2, -0.15) is 0 Å². The first kappa shape index (κ1) is 16.9. The molecule has 0 radical (unpaired) electrons. The Morgan fingerprint density at radius 2 is 1.16 bits per heavy atom. The zero-order valence-electron chi connectivity index (χ0n) is 16.6. The number of anilines is 1. The second-order valence-electron chi connectivity index (χ2n) is 8.62. The van der Waals surface area contributed by atoms with Gasteiger partial charge >= 0.3 is 0 Å². The fourth-order valence-corrected chi connectivity index (χ4v) is 6.20. The molecule has 4 nitrogen and oxygen atoms in total. The number of fused-ring (bicyclic) bond motifs is 1. The van der Waals surface area contributed by atoms with Gasteiger partial charge in [0.1, 0.15) is 0 Å². The molecule has 4 heteroatoms. The summed E-state index contributed by atoms with van der Waals surface area (Å²) in [6, 6.07) is 26.1. The Morgan fingerprint density at radius 1 is 0.613 bits per heavy atom. The molecule has 2 amide bonds. The van der Waals surface area contributed by atoms with Gasteiger partial charge in [0.2, 0.25) is 11.8 Å². The lowest BCUT2D eigenvalue weighted by atomic mass is 9.55. The molecule has 4 aliphatic rings. The summed E-state index contributed by atoms with van der Waals surface area (Å²) >= 11 is 0. The van der Waals surface area contributed by atoms with Crippen LogP contribution in [0.4, 0.5) is 5.69 Å². The third-order valence-electron chi connectivity index (χ3n) is 7.31. The predicted octanol–water partition coefficient (Wildman–Crippen LogP) is 4.63. The highest BCUT2D eigenvalue weighted by Crippen LogP contribution is 2.61. The molecule has 31 heavy (non-hydrogen) atoms. The molecule has 2 bridgehead atoms. The molecular formula is C27H18N2O2. The zero-order chi connectivity index (χ0) is 20.7. The molecule has 0 N–H and O–H groups in total. The van der Waals surface area contributed by atoms with Crippen molar-refractivity contribution in [1.82, 2.24) is 4.98 Å². The molecule has 1 fully saturated rings. The standard InChI is InChI=1S/C27H18N2O2/c30-26-24-22-15-7-1-2-8-16(15)23(18-10-4-3-9-17(18)22)25(24)27(31)29(26)21-13-5-12-20-19(21)11-6-14-28-20/h1-14,22-25H. The van der Waals surface area contributed by atoms with Crippen LogP contribution in [0.25, 0.3) is 10.9 Å². The van der Waals surface area contributed by atoms with Crippen molar-refractivity contribution in [3.63, 3.8) is 0 Å². The largest absolute Gasteiger partial charge is 0.274 e. The number of rotatable bonds is 1. The molecular weight excluding hydrogens is 384 g/mol. The third kappa shape index (κ3) is 2.02. The molecule has 0 spiro atoms. The number of aromatic nitrogens is 1. The van der Waals surface area contributed by atoms with Crippen molar-refractivity contribution in [2.75, 3.05) is 4.90 Å². The maximum absolute atomic E-state index is 13.9. The number of hydrogen-bond acceptors (Lipinski definition) is 3.